The number of rotatable bonds is 11. The van der Waals surface area contributed by atoms with Crippen molar-refractivity contribution in [2.24, 2.45) is 0 Å². The van der Waals surface area contributed by atoms with Gasteiger partial charge >= 0.3 is 0 Å². The third-order valence-electron chi connectivity index (χ3n) is 6.32. The molecular formula is C30H35Cl2N3O6S. The van der Waals surface area contributed by atoms with Crippen LogP contribution in [0.3, 0.4) is 0 Å². The summed E-state index contributed by atoms with van der Waals surface area (Å²) in [5, 5.41) is 3.48. The van der Waals surface area contributed by atoms with E-state index in [0.717, 1.165) is 4.31 Å². The first kappa shape index (κ1) is 33.0. The molecule has 2 amide bonds. The highest BCUT2D eigenvalue weighted by molar-refractivity contribution is 7.92. The average molecular weight is 637 g/mol. The van der Waals surface area contributed by atoms with Gasteiger partial charge in [-0.2, -0.15) is 0 Å². The molecule has 42 heavy (non-hydrogen) atoms. The van der Waals surface area contributed by atoms with E-state index in [1.165, 1.54) is 43.4 Å². The zero-order valence-corrected chi connectivity index (χ0v) is 26.7. The lowest BCUT2D eigenvalue weighted by Gasteiger charge is -2.34. The molecule has 0 saturated heterocycles. The van der Waals surface area contributed by atoms with Crippen molar-refractivity contribution >= 4 is 50.7 Å². The highest BCUT2D eigenvalue weighted by Crippen LogP contribution is 2.34. The van der Waals surface area contributed by atoms with Crippen molar-refractivity contribution in [3.05, 3.63) is 82.3 Å². The lowest BCUT2D eigenvalue weighted by atomic mass is 10.1. The fourth-order valence-corrected chi connectivity index (χ4v) is 6.08. The normalized spacial score (nSPS) is 12.3. The van der Waals surface area contributed by atoms with E-state index in [2.05, 4.69) is 5.32 Å². The number of hydrogen-bond acceptors (Lipinski definition) is 6. The van der Waals surface area contributed by atoms with Crippen LogP contribution >= 0.6 is 23.2 Å². The summed E-state index contributed by atoms with van der Waals surface area (Å²) >= 11 is 12.9. The molecule has 0 bridgehead atoms. The van der Waals surface area contributed by atoms with E-state index in [9.17, 15) is 18.0 Å². The maximum absolute atomic E-state index is 14.1. The Labute approximate surface area is 257 Å². The molecule has 12 heteroatoms. The molecule has 226 valence electrons. The maximum Gasteiger partial charge on any atom is 0.264 e. The number of nitrogens with zero attached hydrogens (tertiary/aromatic N) is 2. The minimum atomic E-state index is -4.25. The largest absolute Gasteiger partial charge is 0.493 e. The summed E-state index contributed by atoms with van der Waals surface area (Å²) in [5.41, 5.74) is 0.00490. The fraction of sp³-hybridized carbons (Fsp3) is 0.333. The summed E-state index contributed by atoms with van der Waals surface area (Å²) in [6.07, 6.45) is 0. The number of amides is 2. The van der Waals surface area contributed by atoms with Gasteiger partial charge in [0.25, 0.3) is 10.0 Å². The molecule has 0 aromatic heterocycles. The van der Waals surface area contributed by atoms with Gasteiger partial charge in [0, 0.05) is 33.8 Å². The van der Waals surface area contributed by atoms with Crippen LogP contribution in [0.2, 0.25) is 10.0 Å². The molecule has 3 aromatic carbocycles. The van der Waals surface area contributed by atoms with Gasteiger partial charge in [-0.25, -0.2) is 8.42 Å². The van der Waals surface area contributed by atoms with Crippen molar-refractivity contribution in [2.45, 2.75) is 50.7 Å². The molecule has 3 rings (SSSR count). The van der Waals surface area contributed by atoms with Crippen LogP contribution < -0.4 is 19.1 Å². The molecule has 1 N–H and O–H groups in total. The maximum atomic E-state index is 14.1. The second kappa shape index (κ2) is 13.7. The Balaban J connectivity index is 2.12. The second-order valence-corrected chi connectivity index (χ2v) is 13.2. The van der Waals surface area contributed by atoms with Crippen LogP contribution in [0, 0.1) is 0 Å². The SMILES string of the molecule is COc1ccc(N(CC(=O)N(Cc2c(Cl)cccc2Cl)[C@H](C)C(=O)NC(C)(C)C)S(=O)(=O)c2ccccc2)cc1OC. The Bertz CT molecular complexity index is 1510. The molecule has 3 aromatic rings. The molecule has 0 aliphatic carbocycles. The summed E-state index contributed by atoms with van der Waals surface area (Å²) < 4.78 is 39.6. The van der Waals surface area contributed by atoms with E-state index in [4.69, 9.17) is 32.7 Å². The number of sulfonamides is 1. The first-order valence-electron chi connectivity index (χ1n) is 13.0. The summed E-state index contributed by atoms with van der Waals surface area (Å²) in [4.78, 5) is 28.6. The number of ether oxygens (including phenoxy) is 2. The van der Waals surface area contributed by atoms with E-state index >= 15 is 0 Å². The number of halogens is 2. The molecule has 0 saturated carbocycles. The topological polar surface area (TPSA) is 105 Å². The lowest BCUT2D eigenvalue weighted by Crippen LogP contribution is -2.54. The van der Waals surface area contributed by atoms with Crippen molar-refractivity contribution in [2.75, 3.05) is 25.1 Å². The van der Waals surface area contributed by atoms with Crippen molar-refractivity contribution in [1.82, 2.24) is 10.2 Å². The highest BCUT2D eigenvalue weighted by atomic mass is 35.5. The van der Waals surface area contributed by atoms with E-state index in [-0.39, 0.29) is 22.9 Å². The van der Waals surface area contributed by atoms with Crippen molar-refractivity contribution < 1.29 is 27.5 Å². The third-order valence-corrected chi connectivity index (χ3v) is 8.82. The lowest BCUT2D eigenvalue weighted by molar-refractivity contribution is -0.140. The first-order valence-corrected chi connectivity index (χ1v) is 15.2. The van der Waals surface area contributed by atoms with Gasteiger partial charge in [0.2, 0.25) is 11.8 Å². The monoisotopic (exact) mass is 635 g/mol. The quantitative estimate of drug-likeness (QED) is 0.297. The van der Waals surface area contributed by atoms with E-state index in [1.807, 2.05) is 20.8 Å². The summed E-state index contributed by atoms with van der Waals surface area (Å²) in [5.74, 6) is -0.431. The molecular weight excluding hydrogens is 601 g/mol. The Kier molecular flexibility index (Phi) is 10.8. The first-order chi connectivity index (χ1) is 19.7. The molecule has 0 fully saturated rings. The van der Waals surface area contributed by atoms with Crippen LogP contribution in [-0.2, 0) is 26.2 Å². The Morgan fingerprint density at radius 2 is 1.50 bits per heavy atom. The van der Waals surface area contributed by atoms with Crippen molar-refractivity contribution in [1.29, 1.82) is 0 Å². The molecule has 1 atom stereocenters. The molecule has 0 heterocycles. The summed E-state index contributed by atoms with van der Waals surface area (Å²) in [6.45, 7) is 6.25. The molecule has 0 aliphatic heterocycles. The molecule has 0 unspecified atom stereocenters. The second-order valence-electron chi connectivity index (χ2n) is 10.5. The number of nitrogens with one attached hydrogen (secondary N) is 1. The van der Waals surface area contributed by atoms with Crippen LogP contribution in [0.25, 0.3) is 0 Å². The number of carbonyl (C=O) groups is 2. The van der Waals surface area contributed by atoms with Gasteiger partial charge in [-0.05, 0) is 64.1 Å². The van der Waals surface area contributed by atoms with Crippen molar-refractivity contribution in [3.63, 3.8) is 0 Å². The Hall–Kier alpha value is -3.47. The van der Waals surface area contributed by atoms with Gasteiger partial charge < -0.3 is 19.7 Å². The van der Waals surface area contributed by atoms with Crippen LogP contribution in [0.5, 0.6) is 11.5 Å². The average Bonchev–Trinajstić information content (AvgIpc) is 2.94. The van der Waals surface area contributed by atoms with Gasteiger partial charge in [0.1, 0.15) is 12.6 Å². The van der Waals surface area contributed by atoms with Crippen LogP contribution in [-0.4, -0.2) is 57.5 Å². The molecule has 0 radical (unpaired) electrons. The predicted octanol–water partition coefficient (Wildman–Crippen LogP) is 5.54. The van der Waals surface area contributed by atoms with E-state index in [1.54, 1.807) is 49.4 Å². The fourth-order valence-electron chi connectivity index (χ4n) is 4.14. The van der Waals surface area contributed by atoms with Crippen LogP contribution in [0.1, 0.15) is 33.3 Å². The van der Waals surface area contributed by atoms with Gasteiger partial charge in [-0.15, -0.1) is 0 Å². The van der Waals surface area contributed by atoms with E-state index in [0.29, 0.717) is 21.4 Å². The Morgan fingerprint density at radius 3 is 2.05 bits per heavy atom. The number of hydrogen-bond donors (Lipinski definition) is 1. The van der Waals surface area contributed by atoms with Crippen molar-refractivity contribution in [3.8, 4) is 11.5 Å². The predicted molar refractivity (Wildman–Crippen MR) is 165 cm³/mol. The molecule has 9 nitrogen and oxygen atoms in total. The smallest absolute Gasteiger partial charge is 0.264 e. The number of anilines is 1. The zero-order chi connectivity index (χ0) is 31.2. The molecule has 0 spiro atoms. The summed E-state index contributed by atoms with van der Waals surface area (Å²) in [6, 6.07) is 16.2. The number of carbonyl (C=O) groups excluding carboxylic acids is 2. The van der Waals surface area contributed by atoms with Gasteiger partial charge in [0.15, 0.2) is 11.5 Å². The minimum absolute atomic E-state index is 0.0215. The minimum Gasteiger partial charge on any atom is -0.493 e. The van der Waals surface area contributed by atoms with Gasteiger partial charge in [-0.3, -0.25) is 13.9 Å². The van der Waals surface area contributed by atoms with Crippen LogP contribution in [0.4, 0.5) is 5.69 Å². The number of methoxy groups -OCH3 is 2. The summed E-state index contributed by atoms with van der Waals surface area (Å²) in [7, 11) is -1.37. The van der Waals surface area contributed by atoms with Gasteiger partial charge in [-0.1, -0.05) is 47.5 Å². The zero-order valence-electron chi connectivity index (χ0n) is 24.4. The van der Waals surface area contributed by atoms with Gasteiger partial charge in [0.05, 0.1) is 24.8 Å². The standard InChI is InChI=1S/C30H35Cl2N3O6S/c1-20(29(37)33-30(2,3)4)34(18-23-24(31)13-10-14-25(23)32)28(36)19-35(42(38,39)22-11-8-7-9-12-22)21-15-16-26(40-5)27(17-21)41-6/h7-17,20H,18-19H2,1-6H3,(H,33,37)/t20-/m1/s1. The number of benzene rings is 3. The van der Waals surface area contributed by atoms with E-state index < -0.39 is 40.0 Å². The highest BCUT2D eigenvalue weighted by Gasteiger charge is 2.34. The molecule has 0 aliphatic rings. The van der Waals surface area contributed by atoms with Crippen LogP contribution in [0.15, 0.2) is 71.6 Å². The third kappa shape index (κ3) is 7.87. The Morgan fingerprint density at radius 1 is 0.905 bits per heavy atom.